The van der Waals surface area contributed by atoms with Crippen LogP contribution in [0.15, 0.2) is 28.0 Å². The summed E-state index contributed by atoms with van der Waals surface area (Å²) in [5, 5.41) is 0. The van der Waals surface area contributed by atoms with E-state index in [0.29, 0.717) is 6.54 Å². The minimum Gasteiger partial charge on any atom is -0.472 e. The van der Waals surface area contributed by atoms with E-state index in [-0.39, 0.29) is 0 Å². The first-order valence-corrected chi connectivity index (χ1v) is 4.12. The number of nitrogens with two attached hydrogens (primary N) is 1. The summed E-state index contributed by atoms with van der Waals surface area (Å²) in [4.78, 5) is 4.19. The minimum atomic E-state index is 0.627. The van der Waals surface area contributed by atoms with Crippen molar-refractivity contribution < 1.29 is 4.42 Å². The second kappa shape index (κ2) is 4.59. The number of hydrogen-bond acceptors (Lipinski definition) is 2. The SMILES string of the molecule is CCCC(N)=NCc1ccoc1. The molecule has 0 aromatic carbocycles. The van der Waals surface area contributed by atoms with Gasteiger partial charge in [-0.2, -0.15) is 0 Å². The molecule has 0 atom stereocenters. The maximum Gasteiger partial charge on any atom is 0.0953 e. The van der Waals surface area contributed by atoms with Gasteiger partial charge in [-0.05, 0) is 12.5 Å². The van der Waals surface area contributed by atoms with E-state index in [2.05, 4.69) is 11.9 Å². The molecule has 3 heteroatoms. The lowest BCUT2D eigenvalue weighted by atomic mass is 10.3. The summed E-state index contributed by atoms with van der Waals surface area (Å²) in [6.45, 7) is 2.71. The second-order valence-corrected chi connectivity index (χ2v) is 2.69. The van der Waals surface area contributed by atoms with Crippen LogP contribution in [0.1, 0.15) is 25.3 Å². The summed E-state index contributed by atoms with van der Waals surface area (Å²) in [6.07, 6.45) is 5.24. The minimum absolute atomic E-state index is 0.627. The van der Waals surface area contributed by atoms with Gasteiger partial charge in [0.2, 0.25) is 0 Å². The Morgan fingerprint density at radius 1 is 1.67 bits per heavy atom. The largest absolute Gasteiger partial charge is 0.472 e. The maximum absolute atomic E-state index is 5.62. The molecule has 0 amide bonds. The molecule has 0 spiro atoms. The summed E-state index contributed by atoms with van der Waals surface area (Å²) in [5.41, 5.74) is 6.68. The van der Waals surface area contributed by atoms with E-state index in [0.717, 1.165) is 24.2 Å². The molecule has 3 nitrogen and oxygen atoms in total. The van der Waals surface area contributed by atoms with E-state index in [9.17, 15) is 0 Å². The second-order valence-electron chi connectivity index (χ2n) is 2.69. The molecule has 1 aromatic rings. The molecular weight excluding hydrogens is 152 g/mol. The lowest BCUT2D eigenvalue weighted by molar-refractivity contribution is 0.564. The van der Waals surface area contributed by atoms with Crippen LogP contribution in [0.3, 0.4) is 0 Å². The van der Waals surface area contributed by atoms with Crippen molar-refractivity contribution in [3.8, 4) is 0 Å². The molecule has 12 heavy (non-hydrogen) atoms. The highest BCUT2D eigenvalue weighted by atomic mass is 16.3. The van der Waals surface area contributed by atoms with Crippen LogP contribution in [0.4, 0.5) is 0 Å². The van der Waals surface area contributed by atoms with E-state index in [1.54, 1.807) is 12.5 Å². The molecule has 0 aliphatic heterocycles. The normalized spacial score (nSPS) is 11.9. The molecule has 0 fully saturated rings. The summed E-state index contributed by atoms with van der Waals surface area (Å²) >= 11 is 0. The standard InChI is InChI=1S/C9H14N2O/c1-2-3-9(10)11-6-8-4-5-12-7-8/h4-5,7H,2-3,6H2,1H3,(H2,10,11). The highest BCUT2D eigenvalue weighted by molar-refractivity contribution is 5.80. The Bertz CT molecular complexity index is 239. The van der Waals surface area contributed by atoms with Crippen molar-refractivity contribution in [2.75, 3.05) is 0 Å². The number of aliphatic imine (C=N–C) groups is 1. The molecule has 2 N–H and O–H groups in total. The van der Waals surface area contributed by atoms with Gasteiger partial charge in [0.1, 0.15) is 0 Å². The van der Waals surface area contributed by atoms with Gasteiger partial charge in [0.05, 0.1) is 24.9 Å². The topological polar surface area (TPSA) is 51.5 Å². The first-order valence-electron chi connectivity index (χ1n) is 4.12. The zero-order valence-electron chi connectivity index (χ0n) is 7.29. The van der Waals surface area contributed by atoms with E-state index in [1.807, 2.05) is 6.07 Å². The highest BCUT2D eigenvalue weighted by Gasteiger charge is 1.92. The molecule has 0 bridgehead atoms. The Morgan fingerprint density at radius 2 is 2.50 bits per heavy atom. The Kier molecular flexibility index (Phi) is 3.38. The fourth-order valence-corrected chi connectivity index (χ4v) is 0.911. The predicted octanol–water partition coefficient (Wildman–Crippen LogP) is 1.94. The fraction of sp³-hybridized carbons (Fsp3) is 0.444. The highest BCUT2D eigenvalue weighted by Crippen LogP contribution is 2.01. The molecular formula is C9H14N2O. The van der Waals surface area contributed by atoms with Crippen molar-refractivity contribution in [1.29, 1.82) is 0 Å². The van der Waals surface area contributed by atoms with Gasteiger partial charge in [0.15, 0.2) is 0 Å². The average molecular weight is 166 g/mol. The van der Waals surface area contributed by atoms with E-state index in [1.165, 1.54) is 0 Å². The quantitative estimate of drug-likeness (QED) is 0.549. The number of nitrogens with zero attached hydrogens (tertiary/aromatic N) is 1. The summed E-state index contributed by atoms with van der Waals surface area (Å²) in [5.74, 6) is 0.721. The van der Waals surface area contributed by atoms with Gasteiger partial charge in [0, 0.05) is 12.0 Å². The fourth-order valence-electron chi connectivity index (χ4n) is 0.911. The Morgan fingerprint density at radius 3 is 3.08 bits per heavy atom. The third kappa shape index (κ3) is 2.78. The summed E-state index contributed by atoms with van der Waals surface area (Å²) in [7, 11) is 0. The van der Waals surface area contributed by atoms with Crippen LogP contribution < -0.4 is 5.73 Å². The molecule has 0 radical (unpaired) electrons. The van der Waals surface area contributed by atoms with Crippen LogP contribution in [0.2, 0.25) is 0 Å². The van der Waals surface area contributed by atoms with Gasteiger partial charge in [0.25, 0.3) is 0 Å². The summed E-state index contributed by atoms with van der Waals surface area (Å²) in [6, 6.07) is 1.89. The van der Waals surface area contributed by atoms with Crippen molar-refractivity contribution in [2.45, 2.75) is 26.3 Å². The number of rotatable bonds is 4. The van der Waals surface area contributed by atoms with Crippen LogP contribution in [-0.2, 0) is 6.54 Å². The van der Waals surface area contributed by atoms with Crippen molar-refractivity contribution in [3.05, 3.63) is 24.2 Å². The zero-order chi connectivity index (χ0) is 8.81. The number of hydrogen-bond donors (Lipinski definition) is 1. The first-order chi connectivity index (χ1) is 5.83. The molecule has 1 aromatic heterocycles. The van der Waals surface area contributed by atoms with Crippen molar-refractivity contribution >= 4 is 5.84 Å². The molecule has 66 valence electrons. The lowest BCUT2D eigenvalue weighted by Crippen LogP contribution is -2.10. The van der Waals surface area contributed by atoms with Gasteiger partial charge in [-0.1, -0.05) is 6.92 Å². The van der Waals surface area contributed by atoms with Crippen molar-refractivity contribution in [2.24, 2.45) is 10.7 Å². The first kappa shape index (κ1) is 8.84. The molecule has 0 saturated carbocycles. The van der Waals surface area contributed by atoms with Gasteiger partial charge in [-0.25, -0.2) is 0 Å². The molecule has 1 rings (SSSR count). The maximum atomic E-state index is 5.62. The van der Waals surface area contributed by atoms with Crippen LogP contribution in [0.5, 0.6) is 0 Å². The van der Waals surface area contributed by atoms with E-state index < -0.39 is 0 Å². The van der Waals surface area contributed by atoms with Gasteiger partial charge in [-0.15, -0.1) is 0 Å². The van der Waals surface area contributed by atoms with E-state index in [4.69, 9.17) is 10.2 Å². The Hall–Kier alpha value is -1.25. The number of furan rings is 1. The lowest BCUT2D eigenvalue weighted by Gasteiger charge is -1.95. The molecule has 0 unspecified atom stereocenters. The van der Waals surface area contributed by atoms with Crippen LogP contribution >= 0.6 is 0 Å². The third-order valence-corrected chi connectivity index (χ3v) is 1.55. The molecule has 0 aliphatic carbocycles. The monoisotopic (exact) mass is 166 g/mol. The Labute approximate surface area is 72.3 Å². The van der Waals surface area contributed by atoms with Crippen molar-refractivity contribution in [3.63, 3.8) is 0 Å². The third-order valence-electron chi connectivity index (χ3n) is 1.55. The van der Waals surface area contributed by atoms with Crippen LogP contribution in [-0.4, -0.2) is 5.84 Å². The van der Waals surface area contributed by atoms with Crippen LogP contribution in [0, 0.1) is 0 Å². The Balaban J connectivity index is 2.38. The number of amidine groups is 1. The smallest absolute Gasteiger partial charge is 0.0953 e. The molecule has 0 saturated heterocycles. The molecule has 1 heterocycles. The van der Waals surface area contributed by atoms with Gasteiger partial charge < -0.3 is 10.2 Å². The van der Waals surface area contributed by atoms with E-state index >= 15 is 0 Å². The average Bonchev–Trinajstić information content (AvgIpc) is 2.53. The zero-order valence-corrected chi connectivity index (χ0v) is 7.29. The molecule has 0 aliphatic rings. The predicted molar refractivity (Wildman–Crippen MR) is 48.9 cm³/mol. The van der Waals surface area contributed by atoms with Crippen molar-refractivity contribution in [1.82, 2.24) is 0 Å². The summed E-state index contributed by atoms with van der Waals surface area (Å²) < 4.78 is 4.90. The van der Waals surface area contributed by atoms with Crippen LogP contribution in [0.25, 0.3) is 0 Å². The van der Waals surface area contributed by atoms with Gasteiger partial charge in [-0.3, -0.25) is 4.99 Å². The van der Waals surface area contributed by atoms with Gasteiger partial charge >= 0.3 is 0 Å².